The maximum Gasteiger partial charge on any atom is 0.330 e. The standard InChI is InChI=1S/C24H25FN6O2/c1-28-20-4-3-11-26-22(20)31(24(28)33)15-16-9-12-30(13-10-16)23(32)21-14-19(27-29(21)2)17-5-7-18(25)8-6-17/h3-8,11,14,16H,9-10,12-13,15H2,1-2H3. The zero-order valence-electron chi connectivity index (χ0n) is 18.6. The number of likely N-dealkylation sites (tertiary alicyclic amines) is 1. The zero-order chi connectivity index (χ0) is 23.1. The second-order valence-corrected chi connectivity index (χ2v) is 8.58. The van der Waals surface area contributed by atoms with E-state index in [4.69, 9.17) is 0 Å². The molecule has 0 spiro atoms. The van der Waals surface area contributed by atoms with Gasteiger partial charge in [0.15, 0.2) is 5.65 Å². The van der Waals surface area contributed by atoms with Crippen LogP contribution in [0.1, 0.15) is 23.3 Å². The fraction of sp³-hybridized carbons (Fsp3) is 0.333. The number of pyridine rings is 1. The van der Waals surface area contributed by atoms with E-state index in [0.717, 1.165) is 23.9 Å². The summed E-state index contributed by atoms with van der Waals surface area (Å²) in [6.07, 6.45) is 3.32. The number of halogens is 1. The first kappa shape index (κ1) is 21.1. The quantitative estimate of drug-likeness (QED) is 0.481. The van der Waals surface area contributed by atoms with Gasteiger partial charge in [0.1, 0.15) is 11.5 Å². The number of carbonyl (C=O) groups is 1. The van der Waals surface area contributed by atoms with Gasteiger partial charge >= 0.3 is 5.69 Å². The lowest BCUT2D eigenvalue weighted by atomic mass is 9.96. The number of hydrogen-bond acceptors (Lipinski definition) is 4. The Labute approximate surface area is 189 Å². The molecule has 5 rings (SSSR count). The van der Waals surface area contributed by atoms with Gasteiger partial charge in [-0.1, -0.05) is 0 Å². The van der Waals surface area contributed by atoms with E-state index in [1.807, 2.05) is 17.0 Å². The summed E-state index contributed by atoms with van der Waals surface area (Å²) in [6, 6.07) is 11.6. The summed E-state index contributed by atoms with van der Waals surface area (Å²) in [5.74, 6) is -0.0862. The van der Waals surface area contributed by atoms with Crippen molar-refractivity contribution < 1.29 is 9.18 Å². The van der Waals surface area contributed by atoms with E-state index in [2.05, 4.69) is 10.1 Å². The molecule has 0 bridgehead atoms. The first-order valence-electron chi connectivity index (χ1n) is 11.0. The predicted octanol–water partition coefficient (Wildman–Crippen LogP) is 2.83. The average molecular weight is 449 g/mol. The van der Waals surface area contributed by atoms with Crippen molar-refractivity contribution in [2.45, 2.75) is 19.4 Å². The van der Waals surface area contributed by atoms with Gasteiger partial charge in [0.05, 0.1) is 11.2 Å². The van der Waals surface area contributed by atoms with Crippen molar-refractivity contribution >= 4 is 17.1 Å². The molecule has 1 aromatic carbocycles. The van der Waals surface area contributed by atoms with E-state index < -0.39 is 0 Å². The van der Waals surface area contributed by atoms with E-state index in [0.29, 0.717) is 42.6 Å². The molecule has 33 heavy (non-hydrogen) atoms. The summed E-state index contributed by atoms with van der Waals surface area (Å²) < 4.78 is 18.2. The molecule has 1 amide bonds. The molecule has 8 nitrogen and oxygen atoms in total. The number of benzene rings is 1. The summed E-state index contributed by atoms with van der Waals surface area (Å²) in [4.78, 5) is 32.1. The van der Waals surface area contributed by atoms with E-state index in [1.165, 1.54) is 12.1 Å². The molecule has 4 heterocycles. The minimum absolute atomic E-state index is 0.0644. The smallest absolute Gasteiger partial charge is 0.330 e. The normalized spacial score (nSPS) is 14.8. The Balaban J connectivity index is 1.27. The van der Waals surface area contributed by atoms with Gasteiger partial charge in [0, 0.05) is 45.5 Å². The van der Waals surface area contributed by atoms with Gasteiger partial charge < -0.3 is 4.90 Å². The molecule has 0 radical (unpaired) electrons. The summed E-state index contributed by atoms with van der Waals surface area (Å²) >= 11 is 0. The van der Waals surface area contributed by atoms with Crippen LogP contribution in [0.4, 0.5) is 4.39 Å². The lowest BCUT2D eigenvalue weighted by Crippen LogP contribution is -2.40. The first-order valence-corrected chi connectivity index (χ1v) is 11.0. The molecule has 0 aliphatic carbocycles. The molecule has 0 atom stereocenters. The maximum atomic E-state index is 13.2. The number of hydrogen-bond donors (Lipinski definition) is 0. The number of fused-ring (bicyclic) bond motifs is 1. The van der Waals surface area contributed by atoms with Crippen LogP contribution in [0.25, 0.3) is 22.4 Å². The van der Waals surface area contributed by atoms with Crippen molar-refractivity contribution in [2.75, 3.05) is 13.1 Å². The summed E-state index contributed by atoms with van der Waals surface area (Å²) in [6.45, 7) is 1.83. The molecule has 1 aliphatic heterocycles. The fourth-order valence-corrected chi connectivity index (χ4v) is 4.57. The molecule has 4 aromatic rings. The molecule has 170 valence electrons. The molecular formula is C24H25FN6O2. The molecule has 0 unspecified atom stereocenters. The summed E-state index contributed by atoms with van der Waals surface area (Å²) in [5, 5.41) is 4.44. The number of imidazole rings is 1. The molecule has 9 heteroatoms. The van der Waals surface area contributed by atoms with Crippen molar-refractivity contribution in [3.63, 3.8) is 0 Å². The second kappa shape index (κ2) is 8.31. The molecule has 3 aromatic heterocycles. The SMILES string of the molecule is Cn1nc(-c2ccc(F)cc2)cc1C(=O)N1CCC(Cn2c(=O)n(C)c3cccnc32)CC1. The predicted molar refractivity (Wildman–Crippen MR) is 122 cm³/mol. The van der Waals surface area contributed by atoms with E-state index in [-0.39, 0.29) is 17.4 Å². The Bertz CT molecular complexity index is 1380. The highest BCUT2D eigenvalue weighted by Crippen LogP contribution is 2.24. The van der Waals surface area contributed by atoms with Gasteiger partial charge in [0.25, 0.3) is 5.91 Å². The summed E-state index contributed by atoms with van der Waals surface area (Å²) in [7, 11) is 3.51. The molecule has 1 fully saturated rings. The highest BCUT2D eigenvalue weighted by atomic mass is 19.1. The van der Waals surface area contributed by atoms with Gasteiger partial charge in [-0.2, -0.15) is 5.10 Å². The zero-order valence-corrected chi connectivity index (χ0v) is 18.6. The summed E-state index contributed by atoms with van der Waals surface area (Å²) in [5.41, 5.74) is 3.36. The van der Waals surface area contributed by atoms with Gasteiger partial charge in [-0.15, -0.1) is 0 Å². The number of piperidine rings is 1. The van der Waals surface area contributed by atoms with Crippen LogP contribution in [0, 0.1) is 11.7 Å². The number of amides is 1. The first-order chi connectivity index (χ1) is 15.9. The van der Waals surface area contributed by atoms with Crippen molar-refractivity contribution in [2.24, 2.45) is 20.0 Å². The van der Waals surface area contributed by atoms with Crippen molar-refractivity contribution in [1.82, 2.24) is 28.8 Å². The maximum absolute atomic E-state index is 13.2. The third-order valence-corrected chi connectivity index (χ3v) is 6.48. The molecule has 0 saturated carbocycles. The van der Waals surface area contributed by atoms with Gasteiger partial charge in [0.2, 0.25) is 0 Å². The Morgan fingerprint density at radius 1 is 1.12 bits per heavy atom. The Morgan fingerprint density at radius 3 is 2.58 bits per heavy atom. The lowest BCUT2D eigenvalue weighted by molar-refractivity contribution is 0.0671. The number of aromatic nitrogens is 5. The number of aryl methyl sites for hydroxylation is 2. The lowest BCUT2D eigenvalue weighted by Gasteiger charge is -2.32. The van der Waals surface area contributed by atoms with Crippen LogP contribution in [0.3, 0.4) is 0 Å². The third-order valence-electron chi connectivity index (χ3n) is 6.48. The van der Waals surface area contributed by atoms with Crippen molar-refractivity contribution in [3.8, 4) is 11.3 Å². The molecule has 1 saturated heterocycles. The van der Waals surface area contributed by atoms with Gasteiger partial charge in [-0.25, -0.2) is 14.2 Å². The van der Waals surface area contributed by atoms with Crippen molar-refractivity contribution in [3.05, 3.63) is 70.7 Å². The van der Waals surface area contributed by atoms with Gasteiger partial charge in [-0.3, -0.25) is 18.6 Å². The van der Waals surface area contributed by atoms with Gasteiger partial charge in [-0.05, 0) is 61.2 Å². The number of rotatable bonds is 4. The van der Waals surface area contributed by atoms with E-state index in [1.54, 1.807) is 52.3 Å². The van der Waals surface area contributed by atoms with Crippen LogP contribution >= 0.6 is 0 Å². The average Bonchev–Trinajstić information content (AvgIpc) is 3.33. The highest BCUT2D eigenvalue weighted by Gasteiger charge is 2.27. The van der Waals surface area contributed by atoms with Crippen LogP contribution in [-0.4, -0.2) is 47.8 Å². The highest BCUT2D eigenvalue weighted by molar-refractivity contribution is 5.93. The second-order valence-electron chi connectivity index (χ2n) is 8.58. The Morgan fingerprint density at radius 2 is 1.85 bits per heavy atom. The van der Waals surface area contributed by atoms with Crippen LogP contribution in [0.15, 0.2) is 53.5 Å². The Hall–Kier alpha value is -3.75. The van der Waals surface area contributed by atoms with Crippen LogP contribution in [0.5, 0.6) is 0 Å². The van der Waals surface area contributed by atoms with E-state index in [9.17, 15) is 14.0 Å². The molecule has 0 N–H and O–H groups in total. The number of nitrogens with zero attached hydrogens (tertiary/aromatic N) is 6. The molecule has 1 aliphatic rings. The van der Waals surface area contributed by atoms with Crippen LogP contribution < -0.4 is 5.69 Å². The monoisotopic (exact) mass is 448 g/mol. The molecular weight excluding hydrogens is 423 g/mol. The third kappa shape index (κ3) is 3.83. The largest absolute Gasteiger partial charge is 0.337 e. The minimum Gasteiger partial charge on any atom is -0.337 e. The number of carbonyl (C=O) groups excluding carboxylic acids is 1. The van der Waals surface area contributed by atoms with E-state index >= 15 is 0 Å². The van der Waals surface area contributed by atoms with Crippen LogP contribution in [0.2, 0.25) is 0 Å². The minimum atomic E-state index is -0.310. The fourth-order valence-electron chi connectivity index (χ4n) is 4.57. The topological polar surface area (TPSA) is 78.0 Å². The Kier molecular flexibility index (Phi) is 5.32. The van der Waals surface area contributed by atoms with Crippen LogP contribution in [-0.2, 0) is 20.6 Å². The van der Waals surface area contributed by atoms with Crippen molar-refractivity contribution in [1.29, 1.82) is 0 Å².